The molecule has 1 heterocycles. The molecular weight excluding hydrogens is 270 g/mol. The number of aromatic nitrogens is 1. The minimum absolute atomic E-state index is 0.101. The van der Waals surface area contributed by atoms with Gasteiger partial charge in [-0.1, -0.05) is 35.4 Å². The first-order valence-corrected chi connectivity index (χ1v) is 6.86. The third kappa shape index (κ3) is 2.47. The Bertz CT molecular complexity index is 789. The average molecular weight is 284 g/mol. The standard InChI is InChI=1S/C17H14ClNO/c1-11-5-6-16-14(7-11)15(10-19-16)17(20)9-12-3-2-4-13(18)8-12/h2-8,10,19H,9H2,1H3. The number of carbonyl (C=O) groups excluding carboxylic acids is 1. The van der Waals surface area contributed by atoms with E-state index in [2.05, 4.69) is 4.98 Å². The summed E-state index contributed by atoms with van der Waals surface area (Å²) >= 11 is 5.95. The predicted octanol–water partition coefficient (Wildman–Crippen LogP) is 4.56. The molecule has 0 aliphatic carbocycles. The third-order valence-corrected chi connectivity index (χ3v) is 3.63. The fourth-order valence-corrected chi connectivity index (χ4v) is 2.61. The first-order chi connectivity index (χ1) is 9.63. The monoisotopic (exact) mass is 283 g/mol. The molecule has 1 aromatic heterocycles. The van der Waals surface area contributed by atoms with Crippen LogP contribution in [0.3, 0.4) is 0 Å². The lowest BCUT2D eigenvalue weighted by Gasteiger charge is -2.02. The van der Waals surface area contributed by atoms with E-state index in [1.807, 2.05) is 49.4 Å². The molecule has 0 spiro atoms. The maximum absolute atomic E-state index is 12.4. The van der Waals surface area contributed by atoms with E-state index >= 15 is 0 Å². The molecule has 0 aliphatic rings. The zero-order chi connectivity index (χ0) is 14.1. The highest BCUT2D eigenvalue weighted by Crippen LogP contribution is 2.22. The van der Waals surface area contributed by atoms with Crippen molar-refractivity contribution >= 4 is 28.3 Å². The second kappa shape index (κ2) is 5.14. The zero-order valence-corrected chi connectivity index (χ0v) is 11.9. The SMILES string of the molecule is Cc1ccc2[nH]cc(C(=O)Cc3cccc(Cl)c3)c2c1. The second-order valence-corrected chi connectivity index (χ2v) is 5.42. The van der Waals surface area contributed by atoms with Crippen LogP contribution in [0.25, 0.3) is 10.9 Å². The fourth-order valence-electron chi connectivity index (χ4n) is 2.39. The van der Waals surface area contributed by atoms with Crippen LogP contribution in [0.2, 0.25) is 5.02 Å². The number of ketones is 1. The molecule has 3 aromatic rings. The second-order valence-electron chi connectivity index (χ2n) is 4.98. The highest BCUT2D eigenvalue weighted by Gasteiger charge is 2.12. The zero-order valence-electron chi connectivity index (χ0n) is 11.1. The molecule has 20 heavy (non-hydrogen) atoms. The largest absolute Gasteiger partial charge is 0.360 e. The molecule has 0 saturated heterocycles. The van der Waals surface area contributed by atoms with Gasteiger partial charge in [-0.3, -0.25) is 4.79 Å². The van der Waals surface area contributed by atoms with Crippen molar-refractivity contribution in [3.8, 4) is 0 Å². The Kier molecular flexibility index (Phi) is 3.33. The number of hydrogen-bond acceptors (Lipinski definition) is 1. The van der Waals surface area contributed by atoms with Gasteiger partial charge in [-0.25, -0.2) is 0 Å². The number of aryl methyl sites for hydroxylation is 1. The lowest BCUT2D eigenvalue weighted by molar-refractivity contribution is 0.0994. The van der Waals surface area contributed by atoms with Gasteiger partial charge in [0.05, 0.1) is 0 Å². The summed E-state index contributed by atoms with van der Waals surface area (Å²) < 4.78 is 0. The molecule has 0 atom stereocenters. The van der Waals surface area contributed by atoms with Crippen molar-refractivity contribution in [3.63, 3.8) is 0 Å². The molecule has 0 radical (unpaired) electrons. The highest BCUT2D eigenvalue weighted by molar-refractivity contribution is 6.30. The summed E-state index contributed by atoms with van der Waals surface area (Å²) in [5, 5.41) is 1.64. The summed E-state index contributed by atoms with van der Waals surface area (Å²) in [6.45, 7) is 2.03. The number of H-pyrrole nitrogens is 1. The van der Waals surface area contributed by atoms with Crippen molar-refractivity contribution in [1.82, 2.24) is 4.98 Å². The van der Waals surface area contributed by atoms with Gasteiger partial charge in [-0.05, 0) is 36.8 Å². The maximum atomic E-state index is 12.4. The van der Waals surface area contributed by atoms with Gasteiger partial charge in [-0.2, -0.15) is 0 Å². The van der Waals surface area contributed by atoms with Gasteiger partial charge in [0.25, 0.3) is 0 Å². The predicted molar refractivity (Wildman–Crippen MR) is 82.5 cm³/mol. The van der Waals surface area contributed by atoms with Gasteiger partial charge in [0.15, 0.2) is 5.78 Å². The molecule has 0 aliphatic heterocycles. The number of nitrogens with one attached hydrogen (secondary N) is 1. The number of fused-ring (bicyclic) bond motifs is 1. The highest BCUT2D eigenvalue weighted by atomic mass is 35.5. The molecule has 100 valence electrons. The average Bonchev–Trinajstić information content (AvgIpc) is 2.81. The molecule has 0 fully saturated rings. The van der Waals surface area contributed by atoms with Crippen LogP contribution < -0.4 is 0 Å². The summed E-state index contributed by atoms with van der Waals surface area (Å²) in [7, 11) is 0. The summed E-state index contributed by atoms with van der Waals surface area (Å²) in [4.78, 5) is 15.6. The molecule has 3 rings (SSSR count). The third-order valence-electron chi connectivity index (χ3n) is 3.39. The normalized spacial score (nSPS) is 10.9. The lowest BCUT2D eigenvalue weighted by atomic mass is 10.0. The summed E-state index contributed by atoms with van der Waals surface area (Å²) in [6, 6.07) is 13.5. The number of Topliss-reactive ketones (excluding diaryl/α,β-unsaturated/α-hetero) is 1. The Hall–Kier alpha value is -2.06. The molecule has 0 unspecified atom stereocenters. The number of carbonyl (C=O) groups is 1. The smallest absolute Gasteiger partial charge is 0.169 e. The first kappa shape index (κ1) is 12.9. The van der Waals surface area contributed by atoms with Crippen molar-refractivity contribution in [1.29, 1.82) is 0 Å². The lowest BCUT2D eigenvalue weighted by Crippen LogP contribution is -2.02. The summed E-state index contributed by atoms with van der Waals surface area (Å²) in [5.74, 6) is 0.101. The first-order valence-electron chi connectivity index (χ1n) is 6.49. The van der Waals surface area contributed by atoms with Crippen molar-refractivity contribution in [2.75, 3.05) is 0 Å². The fraction of sp³-hybridized carbons (Fsp3) is 0.118. The van der Waals surface area contributed by atoms with Gasteiger partial charge >= 0.3 is 0 Å². The minimum Gasteiger partial charge on any atom is -0.360 e. The van der Waals surface area contributed by atoms with Crippen LogP contribution in [-0.4, -0.2) is 10.8 Å². The van der Waals surface area contributed by atoms with Crippen LogP contribution in [0.5, 0.6) is 0 Å². The van der Waals surface area contributed by atoms with Crippen LogP contribution in [0.1, 0.15) is 21.5 Å². The van der Waals surface area contributed by atoms with E-state index in [4.69, 9.17) is 11.6 Å². The molecule has 1 N–H and O–H groups in total. The van der Waals surface area contributed by atoms with Gasteiger partial charge in [0.1, 0.15) is 0 Å². The number of rotatable bonds is 3. The van der Waals surface area contributed by atoms with Crippen molar-refractivity contribution < 1.29 is 4.79 Å². The Labute approximate surface area is 122 Å². The van der Waals surface area contributed by atoms with Crippen molar-refractivity contribution in [2.24, 2.45) is 0 Å². The van der Waals surface area contributed by atoms with E-state index in [0.29, 0.717) is 11.4 Å². The van der Waals surface area contributed by atoms with Gasteiger partial charge in [0.2, 0.25) is 0 Å². The molecule has 0 saturated carbocycles. The Morgan fingerprint density at radius 1 is 1.20 bits per heavy atom. The topological polar surface area (TPSA) is 32.9 Å². The minimum atomic E-state index is 0.101. The van der Waals surface area contributed by atoms with Crippen LogP contribution in [0, 0.1) is 6.92 Å². The summed E-state index contributed by atoms with van der Waals surface area (Å²) in [5.41, 5.74) is 3.81. The van der Waals surface area contributed by atoms with E-state index in [1.54, 1.807) is 6.20 Å². The van der Waals surface area contributed by atoms with E-state index in [1.165, 1.54) is 0 Å². The maximum Gasteiger partial charge on any atom is 0.169 e. The van der Waals surface area contributed by atoms with E-state index in [9.17, 15) is 4.79 Å². The number of benzene rings is 2. The van der Waals surface area contributed by atoms with E-state index in [-0.39, 0.29) is 5.78 Å². The van der Waals surface area contributed by atoms with Crippen LogP contribution >= 0.6 is 11.6 Å². The molecule has 2 nitrogen and oxygen atoms in total. The molecule has 2 aromatic carbocycles. The molecule has 0 bridgehead atoms. The van der Waals surface area contributed by atoms with Crippen LogP contribution in [0.15, 0.2) is 48.7 Å². The van der Waals surface area contributed by atoms with Crippen LogP contribution in [0.4, 0.5) is 0 Å². The van der Waals surface area contributed by atoms with Gasteiger partial charge < -0.3 is 4.98 Å². The Balaban J connectivity index is 1.94. The van der Waals surface area contributed by atoms with Crippen LogP contribution in [-0.2, 0) is 6.42 Å². The molecule has 3 heteroatoms. The molecular formula is C17H14ClNO. The number of halogens is 1. The molecule has 0 amide bonds. The van der Waals surface area contributed by atoms with E-state index in [0.717, 1.165) is 27.6 Å². The number of hydrogen-bond donors (Lipinski definition) is 1. The van der Waals surface area contributed by atoms with Crippen molar-refractivity contribution in [3.05, 3.63) is 70.4 Å². The van der Waals surface area contributed by atoms with Gasteiger partial charge in [0, 0.05) is 34.1 Å². The Morgan fingerprint density at radius 3 is 2.85 bits per heavy atom. The quantitative estimate of drug-likeness (QED) is 0.703. The summed E-state index contributed by atoms with van der Waals surface area (Å²) in [6.07, 6.45) is 2.15. The van der Waals surface area contributed by atoms with E-state index < -0.39 is 0 Å². The number of aromatic amines is 1. The van der Waals surface area contributed by atoms with Gasteiger partial charge in [-0.15, -0.1) is 0 Å². The Morgan fingerprint density at radius 2 is 2.05 bits per heavy atom. The van der Waals surface area contributed by atoms with Crippen molar-refractivity contribution in [2.45, 2.75) is 13.3 Å².